The van der Waals surface area contributed by atoms with Crippen LogP contribution in [-0.4, -0.2) is 11.6 Å². The zero-order chi connectivity index (χ0) is 8.97. The Kier molecular flexibility index (Phi) is 3.19. The van der Waals surface area contributed by atoms with E-state index in [1.165, 1.54) is 11.1 Å². The number of aromatic nitrogens is 1. The molecular weight excluding hydrogens is 152 g/mol. The first-order valence-electron chi connectivity index (χ1n) is 3.98. The van der Waals surface area contributed by atoms with Gasteiger partial charge in [0, 0.05) is 18.3 Å². The highest BCUT2D eigenvalue weighted by molar-refractivity contribution is 5.24. The molecular formula is C9H14N2O. The van der Waals surface area contributed by atoms with Gasteiger partial charge in [0.2, 0.25) is 0 Å². The highest BCUT2D eigenvalue weighted by Gasteiger charge is 2.07. The smallest absolute Gasteiger partial charge is 0.0745 e. The van der Waals surface area contributed by atoms with Crippen molar-refractivity contribution in [2.45, 2.75) is 19.8 Å². The van der Waals surface area contributed by atoms with Crippen LogP contribution in [0.5, 0.6) is 0 Å². The maximum Gasteiger partial charge on any atom is 0.0745 e. The molecule has 0 saturated heterocycles. The highest BCUT2D eigenvalue weighted by atomic mass is 16.6. The number of pyridine rings is 1. The van der Waals surface area contributed by atoms with Crippen molar-refractivity contribution in [2.24, 2.45) is 5.90 Å². The van der Waals surface area contributed by atoms with E-state index in [2.05, 4.69) is 23.7 Å². The topological polar surface area (TPSA) is 48.1 Å². The first-order valence-corrected chi connectivity index (χ1v) is 3.98. The van der Waals surface area contributed by atoms with Crippen molar-refractivity contribution in [1.29, 1.82) is 0 Å². The van der Waals surface area contributed by atoms with Gasteiger partial charge in [-0.05, 0) is 24.1 Å². The van der Waals surface area contributed by atoms with Gasteiger partial charge in [0.1, 0.15) is 0 Å². The summed E-state index contributed by atoms with van der Waals surface area (Å²) in [6, 6.07) is 1.99. The minimum atomic E-state index is 0.309. The Morgan fingerprint density at radius 1 is 1.67 bits per heavy atom. The van der Waals surface area contributed by atoms with Crippen molar-refractivity contribution in [2.75, 3.05) is 6.61 Å². The molecule has 0 bridgehead atoms. The second-order valence-corrected chi connectivity index (χ2v) is 2.97. The first kappa shape index (κ1) is 9.16. The number of rotatable bonds is 3. The predicted octanol–water partition coefficient (Wildman–Crippen LogP) is 1.38. The van der Waals surface area contributed by atoms with Gasteiger partial charge in [-0.1, -0.05) is 6.92 Å². The van der Waals surface area contributed by atoms with E-state index in [1.807, 2.05) is 12.3 Å². The Labute approximate surface area is 72.5 Å². The average Bonchev–Trinajstić information content (AvgIpc) is 2.05. The molecule has 1 aromatic rings. The van der Waals surface area contributed by atoms with Crippen LogP contribution in [0.1, 0.15) is 24.0 Å². The van der Waals surface area contributed by atoms with Gasteiger partial charge in [-0.3, -0.25) is 4.98 Å². The van der Waals surface area contributed by atoms with Crippen LogP contribution in [0.3, 0.4) is 0 Å². The third-order valence-corrected chi connectivity index (χ3v) is 1.96. The van der Waals surface area contributed by atoms with Crippen molar-refractivity contribution >= 4 is 0 Å². The summed E-state index contributed by atoms with van der Waals surface area (Å²) < 4.78 is 0. The molecule has 3 heteroatoms. The zero-order valence-electron chi connectivity index (χ0n) is 7.45. The summed E-state index contributed by atoms with van der Waals surface area (Å²) in [5.74, 6) is 5.31. The lowest BCUT2D eigenvalue weighted by Crippen LogP contribution is -2.09. The Hall–Kier alpha value is -0.930. The van der Waals surface area contributed by atoms with Crippen LogP contribution in [-0.2, 0) is 4.84 Å². The fraction of sp³-hybridized carbons (Fsp3) is 0.444. The van der Waals surface area contributed by atoms with Gasteiger partial charge in [-0.25, -0.2) is 5.90 Å². The lowest BCUT2D eigenvalue weighted by molar-refractivity contribution is 0.126. The predicted molar refractivity (Wildman–Crippen MR) is 47.5 cm³/mol. The monoisotopic (exact) mass is 166 g/mol. The maximum atomic E-state index is 5.00. The summed E-state index contributed by atoms with van der Waals surface area (Å²) in [5, 5.41) is 0. The number of hydrogen-bond acceptors (Lipinski definition) is 3. The van der Waals surface area contributed by atoms with Gasteiger partial charge in [0.05, 0.1) is 6.61 Å². The summed E-state index contributed by atoms with van der Waals surface area (Å²) in [6.45, 7) is 4.66. The summed E-state index contributed by atoms with van der Waals surface area (Å²) in [7, 11) is 0. The summed E-state index contributed by atoms with van der Waals surface area (Å²) in [6.07, 6.45) is 3.65. The van der Waals surface area contributed by atoms with Crippen molar-refractivity contribution < 1.29 is 4.84 Å². The van der Waals surface area contributed by atoms with E-state index in [0.717, 1.165) is 0 Å². The van der Waals surface area contributed by atoms with Crippen molar-refractivity contribution in [1.82, 2.24) is 4.98 Å². The molecule has 1 unspecified atom stereocenters. The molecule has 3 nitrogen and oxygen atoms in total. The average molecular weight is 166 g/mol. The van der Waals surface area contributed by atoms with E-state index >= 15 is 0 Å². The molecule has 1 atom stereocenters. The molecule has 1 rings (SSSR count). The van der Waals surface area contributed by atoms with Crippen LogP contribution in [0, 0.1) is 6.92 Å². The van der Waals surface area contributed by atoms with Gasteiger partial charge in [0.15, 0.2) is 0 Å². The van der Waals surface area contributed by atoms with Crippen LogP contribution in [0.4, 0.5) is 0 Å². The van der Waals surface area contributed by atoms with Gasteiger partial charge in [-0.2, -0.15) is 0 Å². The molecule has 0 aliphatic heterocycles. The molecule has 0 spiro atoms. The number of hydrogen-bond donors (Lipinski definition) is 1. The first-order chi connectivity index (χ1) is 5.75. The fourth-order valence-electron chi connectivity index (χ4n) is 1.23. The third-order valence-electron chi connectivity index (χ3n) is 1.96. The van der Waals surface area contributed by atoms with E-state index in [0.29, 0.717) is 12.5 Å². The van der Waals surface area contributed by atoms with Crippen LogP contribution in [0.25, 0.3) is 0 Å². The van der Waals surface area contributed by atoms with Gasteiger partial charge in [-0.15, -0.1) is 0 Å². The third kappa shape index (κ3) is 2.03. The van der Waals surface area contributed by atoms with Crippen molar-refractivity contribution in [3.8, 4) is 0 Å². The van der Waals surface area contributed by atoms with Gasteiger partial charge < -0.3 is 4.84 Å². The lowest BCUT2D eigenvalue weighted by Gasteiger charge is -2.11. The van der Waals surface area contributed by atoms with Crippen molar-refractivity contribution in [3.63, 3.8) is 0 Å². The van der Waals surface area contributed by atoms with E-state index in [1.54, 1.807) is 6.20 Å². The van der Waals surface area contributed by atoms with E-state index in [4.69, 9.17) is 5.90 Å². The highest BCUT2D eigenvalue weighted by Crippen LogP contribution is 2.17. The van der Waals surface area contributed by atoms with Crippen molar-refractivity contribution in [3.05, 3.63) is 29.6 Å². The largest absolute Gasteiger partial charge is 0.304 e. The Balaban J connectivity index is 2.79. The molecule has 12 heavy (non-hydrogen) atoms. The molecule has 0 saturated carbocycles. The molecule has 2 N–H and O–H groups in total. The minimum Gasteiger partial charge on any atom is -0.304 e. The van der Waals surface area contributed by atoms with Crippen LogP contribution in [0.2, 0.25) is 0 Å². The molecule has 0 fully saturated rings. The Morgan fingerprint density at radius 3 is 3.00 bits per heavy atom. The summed E-state index contributed by atoms with van der Waals surface area (Å²) in [5.41, 5.74) is 2.43. The summed E-state index contributed by atoms with van der Waals surface area (Å²) >= 11 is 0. The van der Waals surface area contributed by atoms with Crippen LogP contribution >= 0.6 is 0 Å². The molecule has 1 aromatic heterocycles. The standard InChI is InChI=1S/C9H14N2O/c1-7-3-4-11-5-9(7)8(2)6-12-10/h3-5,8H,6,10H2,1-2H3. The van der Waals surface area contributed by atoms with Gasteiger partial charge in [0.25, 0.3) is 0 Å². The molecule has 0 aliphatic rings. The molecule has 1 heterocycles. The number of aryl methyl sites for hydroxylation is 1. The van der Waals surface area contributed by atoms with Gasteiger partial charge >= 0.3 is 0 Å². The fourth-order valence-corrected chi connectivity index (χ4v) is 1.23. The van der Waals surface area contributed by atoms with Crippen LogP contribution in [0.15, 0.2) is 18.5 Å². The number of nitrogens with two attached hydrogens (primary N) is 1. The number of nitrogens with zero attached hydrogens (tertiary/aromatic N) is 1. The Bertz CT molecular complexity index is 250. The quantitative estimate of drug-likeness (QED) is 0.690. The zero-order valence-corrected chi connectivity index (χ0v) is 7.45. The summed E-state index contributed by atoms with van der Waals surface area (Å²) in [4.78, 5) is 8.64. The molecule has 0 amide bonds. The maximum absolute atomic E-state index is 5.00. The normalized spacial score (nSPS) is 12.9. The second kappa shape index (κ2) is 4.18. The molecule has 0 radical (unpaired) electrons. The molecule has 66 valence electrons. The second-order valence-electron chi connectivity index (χ2n) is 2.97. The minimum absolute atomic E-state index is 0.309. The van der Waals surface area contributed by atoms with Crippen LogP contribution < -0.4 is 5.90 Å². The van der Waals surface area contributed by atoms with E-state index in [9.17, 15) is 0 Å². The van der Waals surface area contributed by atoms with E-state index < -0.39 is 0 Å². The Morgan fingerprint density at radius 2 is 2.42 bits per heavy atom. The molecule has 0 aromatic carbocycles. The molecule has 0 aliphatic carbocycles. The SMILES string of the molecule is Cc1ccncc1C(C)CON. The van der Waals surface area contributed by atoms with E-state index in [-0.39, 0.29) is 0 Å². The lowest BCUT2D eigenvalue weighted by atomic mass is 10.00.